The van der Waals surface area contributed by atoms with E-state index >= 15 is 0 Å². The first-order valence-electron chi connectivity index (χ1n) is 9.91. The zero-order chi connectivity index (χ0) is 20.4. The van der Waals surface area contributed by atoms with E-state index in [0.717, 1.165) is 53.9 Å². The lowest BCUT2D eigenvalue weighted by molar-refractivity contribution is 0.193. The maximum atomic E-state index is 5.77. The first kappa shape index (κ1) is 19.7. The van der Waals surface area contributed by atoms with Gasteiger partial charge in [-0.05, 0) is 49.8 Å². The number of aromatic nitrogens is 3. The van der Waals surface area contributed by atoms with E-state index in [0.29, 0.717) is 6.67 Å². The highest BCUT2D eigenvalue weighted by atomic mass is 32.1. The number of hydrogen-bond acceptors (Lipinski definition) is 5. The lowest BCUT2D eigenvalue weighted by Crippen LogP contribution is -2.47. The summed E-state index contributed by atoms with van der Waals surface area (Å²) in [5.41, 5.74) is 3.45. The molecule has 1 aliphatic rings. The number of aryl methyl sites for hydroxylation is 2. The van der Waals surface area contributed by atoms with Crippen LogP contribution in [0.1, 0.15) is 11.4 Å². The number of hydrogen-bond donors (Lipinski definition) is 0. The van der Waals surface area contributed by atoms with Crippen molar-refractivity contribution in [1.82, 2.24) is 19.2 Å². The standard InChI is InChI=1S/C22H27N5OS/c1-17-8-4-5-9-19(17)27-18(2)23-26(22(27)29)16-24-12-14-25(15-13-24)20-10-6-7-11-21(20)28-3/h4-11H,12-16H2,1-3H3. The molecule has 3 aromatic rings. The Hall–Kier alpha value is -2.64. The van der Waals surface area contributed by atoms with Crippen molar-refractivity contribution >= 4 is 17.9 Å². The van der Waals surface area contributed by atoms with Gasteiger partial charge in [-0.15, -0.1) is 0 Å². The van der Waals surface area contributed by atoms with Crippen molar-refractivity contribution in [2.75, 3.05) is 38.2 Å². The van der Waals surface area contributed by atoms with E-state index in [4.69, 9.17) is 22.1 Å². The predicted octanol–water partition coefficient (Wildman–Crippen LogP) is 3.81. The van der Waals surface area contributed by atoms with E-state index in [-0.39, 0.29) is 0 Å². The largest absolute Gasteiger partial charge is 0.495 e. The summed E-state index contributed by atoms with van der Waals surface area (Å²) in [6.07, 6.45) is 0. The van der Waals surface area contributed by atoms with Crippen LogP contribution in [-0.4, -0.2) is 52.5 Å². The van der Waals surface area contributed by atoms with E-state index in [9.17, 15) is 0 Å². The second kappa shape index (κ2) is 8.39. The van der Waals surface area contributed by atoms with Crippen LogP contribution in [0, 0.1) is 18.6 Å². The number of ether oxygens (including phenoxy) is 1. The molecule has 0 aliphatic carbocycles. The SMILES string of the molecule is COc1ccccc1N1CCN(Cn2nc(C)n(-c3ccccc3C)c2=S)CC1. The van der Waals surface area contributed by atoms with Crippen LogP contribution in [0.3, 0.4) is 0 Å². The smallest absolute Gasteiger partial charge is 0.203 e. The Kier molecular flexibility index (Phi) is 5.69. The number of piperazine rings is 1. The molecule has 152 valence electrons. The van der Waals surface area contributed by atoms with Gasteiger partial charge < -0.3 is 9.64 Å². The summed E-state index contributed by atoms with van der Waals surface area (Å²) in [7, 11) is 1.73. The molecule has 1 aromatic heterocycles. The van der Waals surface area contributed by atoms with Crippen LogP contribution in [0.15, 0.2) is 48.5 Å². The quantitative estimate of drug-likeness (QED) is 0.599. The van der Waals surface area contributed by atoms with Crippen LogP contribution < -0.4 is 9.64 Å². The summed E-state index contributed by atoms with van der Waals surface area (Å²) in [6.45, 7) is 8.63. The predicted molar refractivity (Wildman–Crippen MR) is 119 cm³/mol. The third kappa shape index (κ3) is 3.93. The molecule has 0 radical (unpaired) electrons. The van der Waals surface area contributed by atoms with Crippen LogP contribution in [0.5, 0.6) is 5.75 Å². The summed E-state index contributed by atoms with van der Waals surface area (Å²) in [4.78, 5) is 4.78. The fourth-order valence-corrected chi connectivity index (χ4v) is 4.24. The molecule has 29 heavy (non-hydrogen) atoms. The van der Waals surface area contributed by atoms with Crippen LogP contribution in [-0.2, 0) is 6.67 Å². The second-order valence-corrected chi connectivity index (χ2v) is 7.73. The minimum atomic E-state index is 0.707. The minimum Gasteiger partial charge on any atom is -0.495 e. The topological polar surface area (TPSA) is 38.5 Å². The average molecular weight is 410 g/mol. The number of para-hydroxylation sites is 3. The molecule has 0 unspecified atom stereocenters. The molecule has 0 atom stereocenters. The van der Waals surface area contributed by atoms with Crippen molar-refractivity contribution < 1.29 is 4.74 Å². The molecular weight excluding hydrogens is 382 g/mol. The van der Waals surface area contributed by atoms with Crippen LogP contribution in [0.25, 0.3) is 5.69 Å². The normalized spacial score (nSPS) is 14.9. The van der Waals surface area contributed by atoms with Gasteiger partial charge in [-0.2, -0.15) is 5.10 Å². The molecule has 4 rings (SSSR count). The van der Waals surface area contributed by atoms with Gasteiger partial charge >= 0.3 is 0 Å². The molecule has 2 aromatic carbocycles. The number of benzene rings is 2. The molecule has 1 saturated heterocycles. The average Bonchev–Trinajstić information content (AvgIpc) is 3.02. The lowest BCUT2D eigenvalue weighted by Gasteiger charge is -2.36. The Morgan fingerprint density at radius 1 is 0.931 bits per heavy atom. The second-order valence-electron chi connectivity index (χ2n) is 7.37. The molecule has 0 saturated carbocycles. The maximum absolute atomic E-state index is 5.77. The third-order valence-electron chi connectivity index (χ3n) is 5.49. The molecule has 0 amide bonds. The Labute approximate surface area is 176 Å². The number of methoxy groups -OCH3 is 1. The van der Waals surface area contributed by atoms with Crippen molar-refractivity contribution in [2.24, 2.45) is 0 Å². The molecule has 0 N–H and O–H groups in total. The van der Waals surface area contributed by atoms with Crippen molar-refractivity contribution in [1.29, 1.82) is 0 Å². The Balaban J connectivity index is 1.47. The summed E-state index contributed by atoms with van der Waals surface area (Å²) >= 11 is 5.77. The van der Waals surface area contributed by atoms with Crippen LogP contribution >= 0.6 is 12.2 Å². The number of nitrogens with zero attached hydrogens (tertiary/aromatic N) is 5. The molecule has 6 nitrogen and oxygen atoms in total. The molecule has 0 bridgehead atoms. The highest BCUT2D eigenvalue weighted by Crippen LogP contribution is 2.28. The molecule has 1 fully saturated rings. The summed E-state index contributed by atoms with van der Waals surface area (Å²) in [5.74, 6) is 1.84. The van der Waals surface area contributed by atoms with Crippen molar-refractivity contribution in [3.05, 3.63) is 64.7 Å². The van der Waals surface area contributed by atoms with Gasteiger partial charge in [0.05, 0.1) is 25.2 Å². The Morgan fingerprint density at radius 3 is 2.28 bits per heavy atom. The van der Waals surface area contributed by atoms with Gasteiger partial charge in [0, 0.05) is 26.2 Å². The van der Waals surface area contributed by atoms with Crippen LogP contribution in [0.2, 0.25) is 0 Å². The Bertz CT molecular complexity index is 1050. The summed E-state index contributed by atoms with van der Waals surface area (Å²) < 4.78 is 10.3. The van der Waals surface area contributed by atoms with Crippen molar-refractivity contribution in [2.45, 2.75) is 20.5 Å². The molecular formula is C22H27N5OS. The molecule has 7 heteroatoms. The first-order valence-corrected chi connectivity index (χ1v) is 10.3. The fourth-order valence-electron chi connectivity index (χ4n) is 3.91. The third-order valence-corrected chi connectivity index (χ3v) is 5.88. The first-order chi connectivity index (χ1) is 14.1. The van der Waals surface area contributed by atoms with Gasteiger partial charge in [-0.25, -0.2) is 4.68 Å². The van der Waals surface area contributed by atoms with E-state index in [2.05, 4.69) is 45.6 Å². The van der Waals surface area contributed by atoms with E-state index in [1.807, 2.05) is 35.9 Å². The van der Waals surface area contributed by atoms with Crippen molar-refractivity contribution in [3.8, 4) is 11.4 Å². The number of rotatable bonds is 5. The zero-order valence-electron chi connectivity index (χ0n) is 17.2. The number of anilines is 1. The zero-order valence-corrected chi connectivity index (χ0v) is 18.0. The van der Waals surface area contributed by atoms with Gasteiger partial charge in [0.25, 0.3) is 0 Å². The maximum Gasteiger partial charge on any atom is 0.203 e. The Morgan fingerprint density at radius 2 is 1.59 bits per heavy atom. The van der Waals surface area contributed by atoms with E-state index < -0.39 is 0 Å². The summed E-state index contributed by atoms with van der Waals surface area (Å²) in [6, 6.07) is 16.5. The van der Waals surface area contributed by atoms with Gasteiger partial charge in [-0.1, -0.05) is 30.3 Å². The lowest BCUT2D eigenvalue weighted by atomic mass is 10.2. The fraction of sp³-hybridized carbons (Fsp3) is 0.364. The van der Waals surface area contributed by atoms with Gasteiger partial charge in [-0.3, -0.25) is 9.47 Å². The highest BCUT2D eigenvalue weighted by Gasteiger charge is 2.21. The van der Waals surface area contributed by atoms with Crippen molar-refractivity contribution in [3.63, 3.8) is 0 Å². The highest BCUT2D eigenvalue weighted by molar-refractivity contribution is 7.71. The monoisotopic (exact) mass is 409 g/mol. The van der Waals surface area contributed by atoms with Gasteiger partial charge in [0.15, 0.2) is 0 Å². The molecule has 2 heterocycles. The van der Waals surface area contributed by atoms with Gasteiger partial charge in [0.1, 0.15) is 11.6 Å². The molecule has 0 spiro atoms. The van der Waals surface area contributed by atoms with Crippen LogP contribution in [0.4, 0.5) is 5.69 Å². The van der Waals surface area contributed by atoms with E-state index in [1.54, 1.807) is 7.11 Å². The minimum absolute atomic E-state index is 0.707. The van der Waals surface area contributed by atoms with Gasteiger partial charge in [0.2, 0.25) is 4.77 Å². The summed E-state index contributed by atoms with van der Waals surface area (Å²) in [5, 5.41) is 4.73. The molecule has 1 aliphatic heterocycles. The van der Waals surface area contributed by atoms with E-state index in [1.165, 1.54) is 5.56 Å².